The molecule has 0 atom stereocenters. The van der Waals surface area contributed by atoms with Gasteiger partial charge >= 0.3 is 0 Å². The Balaban J connectivity index is 1.39. The van der Waals surface area contributed by atoms with E-state index in [2.05, 4.69) is 9.97 Å². The zero-order valence-corrected chi connectivity index (χ0v) is 20.9. The highest BCUT2D eigenvalue weighted by atomic mass is 16.5. The number of hydrogen-bond acceptors (Lipinski definition) is 4. The second-order valence-corrected chi connectivity index (χ2v) is 9.55. The first-order valence-electron chi connectivity index (χ1n) is 12.6. The van der Waals surface area contributed by atoms with Gasteiger partial charge in [0, 0.05) is 27.6 Å². The topological polar surface area (TPSA) is 84.2 Å². The van der Waals surface area contributed by atoms with Crippen LogP contribution in [0, 0.1) is 6.92 Å². The standard InChI is InChI=1S/C33H22N2O4/c1-19-14-27-26(18-31(19)39-21-10-6-3-7-11-21)33(37)25-17-29-24(16-30(25)34-27)32(36)23-13-12-22(15-28(23)35-29)38-20-8-4-2-5-9-20/h2-18H,1H3,(H,34,37)(H,35,36). The molecular weight excluding hydrogens is 488 g/mol. The van der Waals surface area contributed by atoms with Crippen molar-refractivity contribution in [1.82, 2.24) is 9.97 Å². The summed E-state index contributed by atoms with van der Waals surface area (Å²) in [5.74, 6) is 2.62. The first-order chi connectivity index (χ1) is 19.0. The number of benzene rings is 5. The smallest absolute Gasteiger partial charge is 0.197 e. The number of fused-ring (bicyclic) bond motifs is 4. The quantitative estimate of drug-likeness (QED) is 0.239. The maximum absolute atomic E-state index is 13.7. The molecule has 188 valence electrons. The van der Waals surface area contributed by atoms with Crippen molar-refractivity contribution in [3.63, 3.8) is 0 Å². The molecule has 0 unspecified atom stereocenters. The molecule has 0 saturated heterocycles. The number of nitrogens with one attached hydrogen (secondary N) is 2. The minimum atomic E-state index is -0.138. The van der Waals surface area contributed by atoms with Gasteiger partial charge < -0.3 is 19.4 Å². The molecule has 5 aromatic carbocycles. The van der Waals surface area contributed by atoms with Gasteiger partial charge in [-0.15, -0.1) is 0 Å². The number of ether oxygens (including phenoxy) is 2. The molecule has 0 aliphatic heterocycles. The van der Waals surface area contributed by atoms with E-state index in [0.29, 0.717) is 66.6 Å². The molecule has 0 saturated carbocycles. The number of aromatic amines is 2. The van der Waals surface area contributed by atoms with Crippen molar-refractivity contribution in [2.45, 2.75) is 6.92 Å². The Hall–Kier alpha value is -5.36. The molecule has 0 bridgehead atoms. The fourth-order valence-electron chi connectivity index (χ4n) is 4.98. The van der Waals surface area contributed by atoms with Crippen molar-refractivity contribution >= 4 is 43.6 Å². The Morgan fingerprint density at radius 2 is 1.00 bits per heavy atom. The Bertz CT molecular complexity index is 2170. The predicted octanol–water partition coefficient (Wildman–Crippen LogP) is 7.57. The Kier molecular flexibility index (Phi) is 5.20. The molecule has 7 aromatic rings. The van der Waals surface area contributed by atoms with Gasteiger partial charge in [0.15, 0.2) is 10.9 Å². The summed E-state index contributed by atoms with van der Waals surface area (Å²) < 4.78 is 12.0. The lowest BCUT2D eigenvalue weighted by molar-refractivity contribution is 0.479. The molecule has 2 heterocycles. The lowest BCUT2D eigenvalue weighted by Crippen LogP contribution is -2.08. The average molecular weight is 511 g/mol. The summed E-state index contributed by atoms with van der Waals surface area (Å²) in [7, 11) is 0. The Morgan fingerprint density at radius 1 is 0.487 bits per heavy atom. The third-order valence-corrected chi connectivity index (χ3v) is 6.93. The number of para-hydroxylation sites is 2. The third-order valence-electron chi connectivity index (χ3n) is 6.93. The zero-order chi connectivity index (χ0) is 26.5. The first kappa shape index (κ1) is 22.8. The number of rotatable bonds is 4. The van der Waals surface area contributed by atoms with Crippen LogP contribution in [0.4, 0.5) is 0 Å². The van der Waals surface area contributed by atoms with Gasteiger partial charge in [-0.2, -0.15) is 0 Å². The van der Waals surface area contributed by atoms with Crippen LogP contribution in [0.15, 0.2) is 113 Å². The van der Waals surface area contributed by atoms with E-state index in [0.717, 1.165) is 5.56 Å². The number of pyridine rings is 2. The molecule has 0 fully saturated rings. The fourth-order valence-corrected chi connectivity index (χ4v) is 4.98. The summed E-state index contributed by atoms with van der Waals surface area (Å²) in [5, 5.41) is 2.04. The SMILES string of the molecule is Cc1cc2[nH]c3cc4c(=O)c5ccc(Oc6ccccc6)cc5[nH]c4cc3c(=O)c2cc1Oc1ccccc1. The summed E-state index contributed by atoms with van der Waals surface area (Å²) in [6, 6.07) is 31.4. The van der Waals surface area contributed by atoms with E-state index in [1.807, 2.05) is 73.7 Å². The molecule has 0 radical (unpaired) electrons. The maximum Gasteiger partial charge on any atom is 0.197 e. The third kappa shape index (κ3) is 3.99. The minimum absolute atomic E-state index is 0.115. The highest BCUT2D eigenvalue weighted by molar-refractivity contribution is 6.03. The van der Waals surface area contributed by atoms with Gasteiger partial charge in [0.25, 0.3) is 0 Å². The van der Waals surface area contributed by atoms with E-state index in [-0.39, 0.29) is 10.9 Å². The van der Waals surface area contributed by atoms with E-state index < -0.39 is 0 Å². The van der Waals surface area contributed by atoms with Crippen LogP contribution >= 0.6 is 0 Å². The normalized spacial score (nSPS) is 11.4. The minimum Gasteiger partial charge on any atom is -0.457 e. The number of H-pyrrole nitrogens is 2. The summed E-state index contributed by atoms with van der Waals surface area (Å²) >= 11 is 0. The molecule has 0 spiro atoms. The molecule has 7 rings (SSSR count). The predicted molar refractivity (Wildman–Crippen MR) is 155 cm³/mol. The van der Waals surface area contributed by atoms with Gasteiger partial charge in [0.05, 0.1) is 22.1 Å². The molecule has 39 heavy (non-hydrogen) atoms. The van der Waals surface area contributed by atoms with E-state index in [1.54, 1.807) is 36.4 Å². The van der Waals surface area contributed by atoms with Crippen LogP contribution in [0.1, 0.15) is 5.56 Å². The summed E-state index contributed by atoms with van der Waals surface area (Å²) in [6.45, 7) is 1.94. The van der Waals surface area contributed by atoms with Gasteiger partial charge in [-0.25, -0.2) is 0 Å². The van der Waals surface area contributed by atoms with E-state index in [1.165, 1.54) is 0 Å². The molecule has 6 heteroatoms. The molecule has 2 aromatic heterocycles. The lowest BCUT2D eigenvalue weighted by Gasteiger charge is -2.12. The molecular formula is C33H22N2O4. The van der Waals surface area contributed by atoms with Crippen LogP contribution in [-0.2, 0) is 0 Å². The van der Waals surface area contributed by atoms with Crippen molar-refractivity contribution in [3.8, 4) is 23.0 Å². The first-order valence-corrected chi connectivity index (χ1v) is 12.6. The fraction of sp³-hybridized carbons (Fsp3) is 0.0303. The lowest BCUT2D eigenvalue weighted by atomic mass is 10.0. The second kappa shape index (κ2) is 8.89. The van der Waals surface area contributed by atoms with Crippen LogP contribution < -0.4 is 20.3 Å². The molecule has 6 nitrogen and oxygen atoms in total. The molecule has 0 amide bonds. The largest absolute Gasteiger partial charge is 0.457 e. The number of aromatic nitrogens is 2. The van der Waals surface area contributed by atoms with Crippen LogP contribution in [-0.4, -0.2) is 9.97 Å². The van der Waals surface area contributed by atoms with Gasteiger partial charge in [-0.05, 0) is 73.2 Å². The maximum atomic E-state index is 13.7. The zero-order valence-electron chi connectivity index (χ0n) is 20.9. The molecule has 2 N–H and O–H groups in total. The van der Waals surface area contributed by atoms with E-state index in [9.17, 15) is 9.59 Å². The second-order valence-electron chi connectivity index (χ2n) is 9.55. The number of aryl methyl sites for hydroxylation is 1. The highest BCUT2D eigenvalue weighted by Gasteiger charge is 2.14. The highest BCUT2D eigenvalue weighted by Crippen LogP contribution is 2.30. The Morgan fingerprint density at radius 3 is 1.64 bits per heavy atom. The van der Waals surface area contributed by atoms with Crippen LogP contribution in [0.25, 0.3) is 43.6 Å². The average Bonchev–Trinajstić information content (AvgIpc) is 2.95. The van der Waals surface area contributed by atoms with E-state index in [4.69, 9.17) is 9.47 Å². The molecule has 0 aliphatic carbocycles. The van der Waals surface area contributed by atoms with Crippen molar-refractivity contribution in [2.75, 3.05) is 0 Å². The summed E-state index contributed by atoms with van der Waals surface area (Å²) in [4.78, 5) is 33.8. The van der Waals surface area contributed by atoms with Gasteiger partial charge in [0.2, 0.25) is 0 Å². The van der Waals surface area contributed by atoms with Crippen LogP contribution in [0.2, 0.25) is 0 Å². The van der Waals surface area contributed by atoms with Gasteiger partial charge in [-0.3, -0.25) is 9.59 Å². The monoisotopic (exact) mass is 510 g/mol. The van der Waals surface area contributed by atoms with Gasteiger partial charge in [0.1, 0.15) is 23.0 Å². The van der Waals surface area contributed by atoms with Crippen molar-refractivity contribution in [2.24, 2.45) is 0 Å². The van der Waals surface area contributed by atoms with Crippen LogP contribution in [0.5, 0.6) is 23.0 Å². The Labute approximate surface area is 222 Å². The summed E-state index contributed by atoms with van der Waals surface area (Å²) in [5.41, 5.74) is 3.13. The summed E-state index contributed by atoms with van der Waals surface area (Å²) in [6.07, 6.45) is 0. The molecule has 0 aliphatic rings. The van der Waals surface area contributed by atoms with Gasteiger partial charge in [-0.1, -0.05) is 36.4 Å². The van der Waals surface area contributed by atoms with E-state index >= 15 is 0 Å². The van der Waals surface area contributed by atoms with Crippen molar-refractivity contribution < 1.29 is 9.47 Å². The number of hydrogen-bond donors (Lipinski definition) is 2. The van der Waals surface area contributed by atoms with Crippen LogP contribution in [0.3, 0.4) is 0 Å². The van der Waals surface area contributed by atoms with Crippen molar-refractivity contribution in [3.05, 3.63) is 129 Å². The van der Waals surface area contributed by atoms with Crippen molar-refractivity contribution in [1.29, 1.82) is 0 Å².